The standard InChI is InChI=1S/C15H23BrO3/c1-12(2,3)19-11(18)14-6-7-15(9-16,10(17)8-14)13(14,4)5/h6-9H2,1-5H3/t14-,15-/m1/s1. The lowest BCUT2D eigenvalue weighted by molar-refractivity contribution is -0.173. The maximum Gasteiger partial charge on any atom is 0.313 e. The summed E-state index contributed by atoms with van der Waals surface area (Å²) in [5.74, 6) is 0.0187. The Balaban J connectivity index is 2.41. The first-order chi connectivity index (χ1) is 8.52. The molecule has 0 radical (unpaired) electrons. The Morgan fingerprint density at radius 3 is 2.26 bits per heavy atom. The number of rotatable bonds is 2. The van der Waals surface area contributed by atoms with Crippen LogP contribution in [0.3, 0.4) is 0 Å². The van der Waals surface area contributed by atoms with Gasteiger partial charge in [-0.05, 0) is 39.0 Å². The maximum absolute atomic E-state index is 12.7. The third kappa shape index (κ3) is 1.75. The van der Waals surface area contributed by atoms with Crippen molar-refractivity contribution in [3.63, 3.8) is 0 Å². The van der Waals surface area contributed by atoms with Crippen molar-refractivity contribution in [3.8, 4) is 0 Å². The molecule has 3 nitrogen and oxygen atoms in total. The van der Waals surface area contributed by atoms with Gasteiger partial charge in [0.05, 0.1) is 5.41 Å². The molecule has 2 aliphatic rings. The molecule has 2 saturated carbocycles. The summed E-state index contributed by atoms with van der Waals surface area (Å²) < 4.78 is 5.61. The minimum atomic E-state index is -0.634. The molecule has 0 N–H and O–H groups in total. The van der Waals surface area contributed by atoms with Crippen molar-refractivity contribution in [1.29, 1.82) is 0 Å². The number of ether oxygens (including phenoxy) is 1. The molecule has 0 spiro atoms. The monoisotopic (exact) mass is 330 g/mol. The van der Waals surface area contributed by atoms with Crippen LogP contribution in [0.25, 0.3) is 0 Å². The van der Waals surface area contributed by atoms with E-state index in [9.17, 15) is 9.59 Å². The highest BCUT2D eigenvalue weighted by atomic mass is 79.9. The first-order valence-electron chi connectivity index (χ1n) is 6.85. The van der Waals surface area contributed by atoms with E-state index in [1.54, 1.807) is 0 Å². The molecule has 2 fully saturated rings. The van der Waals surface area contributed by atoms with Crippen LogP contribution in [0.1, 0.15) is 53.9 Å². The van der Waals surface area contributed by atoms with E-state index in [0.717, 1.165) is 12.8 Å². The molecule has 2 bridgehead atoms. The highest BCUT2D eigenvalue weighted by Gasteiger charge is 2.74. The largest absolute Gasteiger partial charge is 0.460 e. The van der Waals surface area contributed by atoms with E-state index >= 15 is 0 Å². The summed E-state index contributed by atoms with van der Waals surface area (Å²) in [6.45, 7) is 9.72. The summed E-state index contributed by atoms with van der Waals surface area (Å²) in [5, 5.41) is 0.635. The highest BCUT2D eigenvalue weighted by Crippen LogP contribution is 2.71. The van der Waals surface area contributed by atoms with E-state index < -0.39 is 16.4 Å². The van der Waals surface area contributed by atoms with Crippen molar-refractivity contribution < 1.29 is 14.3 Å². The average molecular weight is 331 g/mol. The Bertz CT molecular complexity index is 435. The van der Waals surface area contributed by atoms with Gasteiger partial charge < -0.3 is 4.74 Å². The fourth-order valence-corrected chi connectivity index (χ4v) is 5.16. The van der Waals surface area contributed by atoms with Crippen molar-refractivity contribution >= 4 is 27.7 Å². The fourth-order valence-electron chi connectivity index (χ4n) is 3.86. The van der Waals surface area contributed by atoms with Crippen LogP contribution in [0.15, 0.2) is 0 Å². The molecule has 0 heterocycles. The van der Waals surface area contributed by atoms with Gasteiger partial charge in [0.2, 0.25) is 0 Å². The Morgan fingerprint density at radius 2 is 1.89 bits per heavy atom. The SMILES string of the molecule is CC(C)(C)OC(=O)[C@@]12CC[C@@](CBr)(C(=O)C1)C2(C)C. The first-order valence-corrected chi connectivity index (χ1v) is 7.97. The smallest absolute Gasteiger partial charge is 0.313 e. The third-order valence-corrected chi connectivity index (χ3v) is 6.34. The number of esters is 1. The molecule has 2 rings (SSSR count). The van der Waals surface area contributed by atoms with Gasteiger partial charge in [0.1, 0.15) is 11.4 Å². The minimum absolute atomic E-state index is 0.196. The predicted molar refractivity (Wildman–Crippen MR) is 77.1 cm³/mol. The van der Waals surface area contributed by atoms with Gasteiger partial charge in [0.15, 0.2) is 0 Å². The Morgan fingerprint density at radius 1 is 1.32 bits per heavy atom. The zero-order valence-corrected chi connectivity index (χ0v) is 14.0. The number of halogens is 1. The molecule has 0 unspecified atom stereocenters. The van der Waals surface area contributed by atoms with Gasteiger partial charge in [-0.15, -0.1) is 0 Å². The second kappa shape index (κ2) is 4.06. The van der Waals surface area contributed by atoms with Crippen LogP contribution in [-0.2, 0) is 14.3 Å². The quantitative estimate of drug-likeness (QED) is 0.575. The molecule has 19 heavy (non-hydrogen) atoms. The molecule has 0 aromatic rings. The number of fused-ring (bicyclic) bond motifs is 2. The zero-order valence-electron chi connectivity index (χ0n) is 12.4. The van der Waals surface area contributed by atoms with E-state index in [4.69, 9.17) is 4.74 Å². The molecule has 0 amide bonds. The molecule has 2 atom stereocenters. The number of ketones is 1. The number of Topliss-reactive ketones (excluding diaryl/α,β-unsaturated/α-hetero) is 1. The van der Waals surface area contributed by atoms with Crippen molar-refractivity contribution in [1.82, 2.24) is 0 Å². The van der Waals surface area contributed by atoms with Crippen LogP contribution in [-0.4, -0.2) is 22.7 Å². The summed E-state index contributed by atoms with van der Waals surface area (Å²) in [6, 6.07) is 0. The normalized spacial score (nSPS) is 36.6. The second-order valence-corrected chi connectivity index (χ2v) is 8.09. The summed E-state index contributed by atoms with van der Waals surface area (Å²) in [6.07, 6.45) is 1.87. The molecule has 0 aliphatic heterocycles. The van der Waals surface area contributed by atoms with E-state index in [0.29, 0.717) is 11.8 Å². The first kappa shape index (κ1) is 15.0. The van der Waals surface area contributed by atoms with Crippen LogP contribution in [0.4, 0.5) is 0 Å². The van der Waals surface area contributed by atoms with Crippen LogP contribution in [0.5, 0.6) is 0 Å². The number of hydrogen-bond acceptors (Lipinski definition) is 3. The van der Waals surface area contributed by atoms with Gasteiger partial charge in [-0.25, -0.2) is 0 Å². The highest BCUT2D eigenvalue weighted by molar-refractivity contribution is 9.09. The molecule has 0 saturated heterocycles. The summed E-state index contributed by atoms with van der Waals surface area (Å²) in [5.41, 5.74) is -1.88. The summed E-state index contributed by atoms with van der Waals surface area (Å²) >= 11 is 3.50. The van der Waals surface area contributed by atoms with Gasteiger partial charge in [-0.1, -0.05) is 29.8 Å². The van der Waals surface area contributed by atoms with Crippen molar-refractivity contribution in [2.24, 2.45) is 16.2 Å². The number of alkyl halides is 1. The van der Waals surface area contributed by atoms with Gasteiger partial charge in [-0.3, -0.25) is 9.59 Å². The second-order valence-electron chi connectivity index (χ2n) is 7.52. The van der Waals surface area contributed by atoms with E-state index in [-0.39, 0.29) is 17.2 Å². The molecule has 0 aromatic carbocycles. The van der Waals surface area contributed by atoms with Crippen LogP contribution < -0.4 is 0 Å². The van der Waals surface area contributed by atoms with Crippen molar-refractivity contribution in [3.05, 3.63) is 0 Å². The number of carbonyl (C=O) groups is 2. The summed E-state index contributed by atoms with van der Waals surface area (Å²) in [7, 11) is 0. The van der Waals surface area contributed by atoms with Crippen molar-refractivity contribution in [2.45, 2.75) is 59.5 Å². The molecule has 108 valence electrons. The lowest BCUT2D eigenvalue weighted by atomic mass is 9.65. The van der Waals surface area contributed by atoms with Crippen LogP contribution in [0, 0.1) is 16.2 Å². The minimum Gasteiger partial charge on any atom is -0.460 e. The maximum atomic E-state index is 12.7. The number of hydrogen-bond donors (Lipinski definition) is 0. The molecule has 0 aromatic heterocycles. The Labute approximate surface area is 123 Å². The average Bonchev–Trinajstić information content (AvgIpc) is 2.57. The zero-order chi connectivity index (χ0) is 14.7. The molecular formula is C15H23BrO3. The van der Waals surface area contributed by atoms with E-state index in [2.05, 4.69) is 29.8 Å². The van der Waals surface area contributed by atoms with Gasteiger partial charge >= 0.3 is 5.97 Å². The summed E-state index contributed by atoms with van der Waals surface area (Å²) in [4.78, 5) is 25.1. The lowest BCUT2D eigenvalue weighted by Gasteiger charge is -2.40. The molecule has 4 heteroatoms. The Kier molecular flexibility index (Phi) is 3.21. The molecular weight excluding hydrogens is 308 g/mol. The lowest BCUT2D eigenvalue weighted by Crippen LogP contribution is -2.45. The van der Waals surface area contributed by atoms with E-state index in [1.165, 1.54) is 0 Å². The molecule has 2 aliphatic carbocycles. The fraction of sp³-hybridized carbons (Fsp3) is 0.867. The van der Waals surface area contributed by atoms with Crippen LogP contribution >= 0.6 is 15.9 Å². The number of carbonyl (C=O) groups excluding carboxylic acids is 2. The van der Waals surface area contributed by atoms with Gasteiger partial charge in [-0.2, -0.15) is 0 Å². The predicted octanol–water partition coefficient (Wildman–Crippen LogP) is 3.49. The third-order valence-electron chi connectivity index (χ3n) is 5.39. The van der Waals surface area contributed by atoms with Crippen LogP contribution in [0.2, 0.25) is 0 Å². The van der Waals surface area contributed by atoms with Gasteiger partial charge in [0, 0.05) is 17.2 Å². The van der Waals surface area contributed by atoms with E-state index in [1.807, 2.05) is 20.8 Å². The van der Waals surface area contributed by atoms with Crippen molar-refractivity contribution in [2.75, 3.05) is 5.33 Å². The Hall–Kier alpha value is -0.380. The van der Waals surface area contributed by atoms with Gasteiger partial charge in [0.25, 0.3) is 0 Å². The topological polar surface area (TPSA) is 43.4 Å².